The Kier molecular flexibility index (Phi) is 4.29. The second-order valence-electron chi connectivity index (χ2n) is 4.71. The van der Waals surface area contributed by atoms with Crippen LogP contribution in [-0.2, 0) is 9.84 Å². The molecule has 0 unspecified atom stereocenters. The molecule has 114 valence electrons. The molecule has 8 heteroatoms. The highest BCUT2D eigenvalue weighted by Crippen LogP contribution is 2.31. The molecule has 1 aromatic heterocycles. The predicted molar refractivity (Wildman–Crippen MR) is 87.7 cm³/mol. The molecule has 0 radical (unpaired) electrons. The van der Waals surface area contributed by atoms with Gasteiger partial charge in [0.15, 0.2) is 20.6 Å². The van der Waals surface area contributed by atoms with Gasteiger partial charge < -0.3 is 11.1 Å². The lowest BCUT2D eigenvalue weighted by Gasteiger charge is -2.08. The van der Waals surface area contributed by atoms with Crippen LogP contribution in [-0.4, -0.2) is 31.0 Å². The Morgan fingerprint density at radius 2 is 2.10 bits per heavy atom. The average molecular weight is 373 g/mol. The highest BCUT2D eigenvalue weighted by atomic mass is 79.9. The molecule has 0 spiro atoms. The number of nitrogen functional groups attached to an aromatic ring is 1. The molecule has 0 aliphatic heterocycles. The summed E-state index contributed by atoms with van der Waals surface area (Å²) in [6, 6.07) is 5.62. The van der Waals surface area contributed by atoms with Crippen LogP contribution in [0.3, 0.4) is 0 Å². The summed E-state index contributed by atoms with van der Waals surface area (Å²) in [4.78, 5) is 0.0340. The van der Waals surface area contributed by atoms with Crippen molar-refractivity contribution in [2.75, 3.05) is 23.9 Å². The summed E-state index contributed by atoms with van der Waals surface area (Å²) in [6.45, 7) is 4.33. The van der Waals surface area contributed by atoms with Gasteiger partial charge in [-0.2, -0.15) is 0 Å². The normalized spacial score (nSPS) is 11.6. The van der Waals surface area contributed by atoms with E-state index in [0.717, 1.165) is 22.0 Å². The minimum absolute atomic E-state index is 0.0340. The third kappa shape index (κ3) is 3.06. The zero-order valence-corrected chi connectivity index (χ0v) is 14.4. The van der Waals surface area contributed by atoms with E-state index in [1.165, 1.54) is 4.68 Å². The van der Waals surface area contributed by atoms with Crippen LogP contribution in [0.2, 0.25) is 0 Å². The van der Waals surface area contributed by atoms with E-state index >= 15 is 0 Å². The van der Waals surface area contributed by atoms with Crippen LogP contribution in [0.1, 0.15) is 12.5 Å². The van der Waals surface area contributed by atoms with Crippen molar-refractivity contribution in [1.82, 2.24) is 9.78 Å². The molecule has 1 heterocycles. The minimum atomic E-state index is -3.47. The molecule has 1 aromatic carbocycles. The van der Waals surface area contributed by atoms with Gasteiger partial charge in [-0.15, -0.1) is 5.10 Å². The standard InChI is InChI=1S/C13H17BrN4O2S/c1-4-16-13-11(21(3,19)20)12(15)18(17-13)10-6-5-9(14)7-8(10)2/h5-7H,4,15H2,1-3H3,(H,16,17). The molecule has 0 aliphatic rings. The fourth-order valence-electron chi connectivity index (χ4n) is 2.11. The maximum atomic E-state index is 12.0. The summed E-state index contributed by atoms with van der Waals surface area (Å²) >= 11 is 3.39. The summed E-state index contributed by atoms with van der Waals surface area (Å²) < 4.78 is 26.3. The number of nitrogens with zero attached hydrogens (tertiary/aromatic N) is 2. The molecular weight excluding hydrogens is 356 g/mol. The number of aryl methyl sites for hydroxylation is 1. The van der Waals surface area contributed by atoms with E-state index in [1.54, 1.807) is 0 Å². The molecule has 0 atom stereocenters. The molecular formula is C13H17BrN4O2S. The number of halogens is 1. The Morgan fingerprint density at radius 1 is 1.43 bits per heavy atom. The number of rotatable bonds is 4. The number of aromatic nitrogens is 2. The van der Waals surface area contributed by atoms with Crippen LogP contribution in [0.15, 0.2) is 27.6 Å². The van der Waals surface area contributed by atoms with Crippen LogP contribution in [0, 0.1) is 6.92 Å². The Balaban J connectivity index is 2.71. The number of anilines is 2. The van der Waals surface area contributed by atoms with Crippen molar-refractivity contribution in [1.29, 1.82) is 0 Å². The lowest BCUT2D eigenvalue weighted by Crippen LogP contribution is -2.07. The number of benzene rings is 1. The smallest absolute Gasteiger partial charge is 0.182 e. The molecule has 0 saturated heterocycles. The Labute approximate surface area is 132 Å². The Hall–Kier alpha value is -1.54. The summed E-state index contributed by atoms with van der Waals surface area (Å²) in [5.41, 5.74) is 7.70. The monoisotopic (exact) mass is 372 g/mol. The van der Waals surface area contributed by atoms with Gasteiger partial charge in [-0.05, 0) is 37.6 Å². The van der Waals surface area contributed by atoms with Crippen molar-refractivity contribution in [3.63, 3.8) is 0 Å². The average Bonchev–Trinajstić information content (AvgIpc) is 2.66. The van der Waals surface area contributed by atoms with Crippen molar-refractivity contribution in [2.45, 2.75) is 18.7 Å². The molecule has 2 rings (SSSR count). The fourth-order valence-corrected chi connectivity index (χ4v) is 3.51. The predicted octanol–water partition coefficient (Wildman–Crippen LogP) is 2.36. The van der Waals surface area contributed by atoms with Gasteiger partial charge >= 0.3 is 0 Å². The fraction of sp³-hybridized carbons (Fsp3) is 0.308. The van der Waals surface area contributed by atoms with Crippen LogP contribution < -0.4 is 11.1 Å². The van der Waals surface area contributed by atoms with Crippen molar-refractivity contribution in [2.24, 2.45) is 0 Å². The van der Waals surface area contributed by atoms with Crippen molar-refractivity contribution in [3.8, 4) is 5.69 Å². The molecule has 3 N–H and O–H groups in total. The third-order valence-corrected chi connectivity index (χ3v) is 4.62. The molecule has 0 fully saturated rings. The second kappa shape index (κ2) is 5.69. The van der Waals surface area contributed by atoms with Gasteiger partial charge in [-0.1, -0.05) is 15.9 Å². The van der Waals surface area contributed by atoms with E-state index in [9.17, 15) is 8.42 Å². The van der Waals surface area contributed by atoms with Crippen molar-refractivity contribution >= 4 is 37.4 Å². The maximum absolute atomic E-state index is 12.0. The topological polar surface area (TPSA) is 90.0 Å². The molecule has 0 aliphatic carbocycles. The van der Waals surface area contributed by atoms with E-state index in [0.29, 0.717) is 6.54 Å². The minimum Gasteiger partial charge on any atom is -0.382 e. The number of hydrogen-bond donors (Lipinski definition) is 2. The van der Waals surface area contributed by atoms with Gasteiger partial charge in [0, 0.05) is 17.3 Å². The lowest BCUT2D eigenvalue weighted by atomic mass is 10.2. The van der Waals surface area contributed by atoms with Gasteiger partial charge in [-0.25, -0.2) is 13.1 Å². The highest BCUT2D eigenvalue weighted by Gasteiger charge is 2.24. The van der Waals surface area contributed by atoms with Crippen molar-refractivity contribution in [3.05, 3.63) is 28.2 Å². The van der Waals surface area contributed by atoms with Crippen LogP contribution in [0.4, 0.5) is 11.6 Å². The van der Waals surface area contributed by atoms with Crippen LogP contribution in [0.5, 0.6) is 0 Å². The number of hydrogen-bond acceptors (Lipinski definition) is 5. The highest BCUT2D eigenvalue weighted by molar-refractivity contribution is 9.10. The SMILES string of the molecule is CCNc1nn(-c2ccc(Br)cc2C)c(N)c1S(C)(=O)=O. The first kappa shape index (κ1) is 15.8. The van der Waals surface area contributed by atoms with E-state index in [4.69, 9.17) is 5.73 Å². The largest absolute Gasteiger partial charge is 0.382 e. The van der Waals surface area contributed by atoms with Crippen LogP contribution in [0.25, 0.3) is 5.69 Å². The van der Waals surface area contributed by atoms with E-state index in [-0.39, 0.29) is 16.5 Å². The maximum Gasteiger partial charge on any atom is 0.182 e. The molecule has 0 bridgehead atoms. The van der Waals surface area contributed by atoms with E-state index in [1.807, 2.05) is 32.0 Å². The first-order chi connectivity index (χ1) is 9.75. The lowest BCUT2D eigenvalue weighted by molar-refractivity contribution is 0.602. The molecule has 0 saturated carbocycles. The Morgan fingerprint density at radius 3 is 2.62 bits per heavy atom. The third-order valence-electron chi connectivity index (χ3n) is 2.98. The summed E-state index contributed by atoms with van der Waals surface area (Å²) in [7, 11) is -3.47. The van der Waals surface area contributed by atoms with Gasteiger partial charge in [0.25, 0.3) is 0 Å². The summed E-state index contributed by atoms with van der Waals surface area (Å²) in [6.07, 6.45) is 1.12. The molecule has 6 nitrogen and oxygen atoms in total. The first-order valence-corrected chi connectivity index (χ1v) is 9.03. The first-order valence-electron chi connectivity index (χ1n) is 6.34. The summed E-state index contributed by atoms with van der Waals surface area (Å²) in [5, 5.41) is 7.26. The molecule has 21 heavy (non-hydrogen) atoms. The summed E-state index contributed by atoms with van der Waals surface area (Å²) in [5.74, 6) is 0.388. The number of sulfone groups is 1. The van der Waals surface area contributed by atoms with Gasteiger partial charge in [0.2, 0.25) is 0 Å². The van der Waals surface area contributed by atoms with Crippen LogP contribution >= 0.6 is 15.9 Å². The van der Waals surface area contributed by atoms with Gasteiger partial charge in [0.05, 0.1) is 5.69 Å². The van der Waals surface area contributed by atoms with E-state index < -0.39 is 9.84 Å². The van der Waals surface area contributed by atoms with E-state index in [2.05, 4.69) is 26.3 Å². The quantitative estimate of drug-likeness (QED) is 0.859. The zero-order chi connectivity index (χ0) is 15.8. The number of nitrogens with one attached hydrogen (secondary N) is 1. The molecule has 2 aromatic rings. The number of nitrogens with two attached hydrogens (primary N) is 1. The molecule has 0 amide bonds. The second-order valence-corrected chi connectivity index (χ2v) is 7.58. The van der Waals surface area contributed by atoms with Gasteiger partial charge in [-0.3, -0.25) is 0 Å². The van der Waals surface area contributed by atoms with Crippen molar-refractivity contribution < 1.29 is 8.42 Å². The zero-order valence-electron chi connectivity index (χ0n) is 12.0. The van der Waals surface area contributed by atoms with Gasteiger partial charge in [0.1, 0.15) is 5.82 Å². The Bertz CT molecular complexity index is 784.